The van der Waals surface area contributed by atoms with Crippen LogP contribution < -0.4 is 4.74 Å². The van der Waals surface area contributed by atoms with E-state index in [2.05, 4.69) is 15.9 Å². The Balaban J connectivity index is 1.98. The highest BCUT2D eigenvalue weighted by atomic mass is 79.9. The molecule has 0 bridgehead atoms. The second-order valence-corrected chi connectivity index (χ2v) is 5.44. The molecule has 0 spiro atoms. The second kappa shape index (κ2) is 7.84. The molecule has 3 nitrogen and oxygen atoms in total. The number of benzene rings is 2. The van der Waals surface area contributed by atoms with Crippen LogP contribution in [0.3, 0.4) is 0 Å². The lowest BCUT2D eigenvalue weighted by molar-refractivity contribution is 0.103. The van der Waals surface area contributed by atoms with Crippen molar-refractivity contribution in [1.82, 2.24) is 0 Å². The summed E-state index contributed by atoms with van der Waals surface area (Å²) in [5.41, 5.74) is 1.16. The number of ether oxygens (including phenoxy) is 1. The maximum atomic E-state index is 12.2. The molecule has 0 radical (unpaired) electrons. The number of hydrogen-bond acceptors (Lipinski definition) is 3. The molecule has 2 aromatic rings. The number of alkyl halides is 1. The molecule has 2 rings (SSSR count). The van der Waals surface area contributed by atoms with Crippen molar-refractivity contribution in [2.24, 2.45) is 0 Å². The van der Waals surface area contributed by atoms with Gasteiger partial charge in [0.1, 0.15) is 11.5 Å². The summed E-state index contributed by atoms with van der Waals surface area (Å²) in [5.74, 6) is 0.853. The number of phenols is 1. The van der Waals surface area contributed by atoms with Crippen LogP contribution in [0.15, 0.2) is 48.5 Å². The van der Waals surface area contributed by atoms with Crippen molar-refractivity contribution in [2.45, 2.75) is 12.8 Å². The summed E-state index contributed by atoms with van der Waals surface area (Å²) in [4.78, 5) is 12.2. The molecule has 0 fully saturated rings. The fraction of sp³-hybridized carbons (Fsp3) is 0.235. The topological polar surface area (TPSA) is 46.5 Å². The number of rotatable bonds is 7. The Morgan fingerprint density at radius 3 is 2.10 bits per heavy atom. The van der Waals surface area contributed by atoms with E-state index in [1.807, 2.05) is 12.1 Å². The number of aromatic hydroxyl groups is 1. The van der Waals surface area contributed by atoms with Crippen LogP contribution in [0.5, 0.6) is 11.5 Å². The first-order chi connectivity index (χ1) is 10.2. The summed E-state index contributed by atoms with van der Waals surface area (Å²) in [6, 6.07) is 13.4. The van der Waals surface area contributed by atoms with Crippen LogP contribution in [-0.2, 0) is 0 Å². The highest BCUT2D eigenvalue weighted by molar-refractivity contribution is 9.09. The van der Waals surface area contributed by atoms with Gasteiger partial charge < -0.3 is 9.84 Å². The van der Waals surface area contributed by atoms with Gasteiger partial charge in [0.25, 0.3) is 0 Å². The third kappa shape index (κ3) is 4.60. The van der Waals surface area contributed by atoms with Gasteiger partial charge in [0.05, 0.1) is 6.61 Å². The lowest BCUT2D eigenvalue weighted by Crippen LogP contribution is -2.02. The number of hydrogen-bond donors (Lipinski definition) is 1. The monoisotopic (exact) mass is 348 g/mol. The maximum Gasteiger partial charge on any atom is 0.193 e. The summed E-state index contributed by atoms with van der Waals surface area (Å²) >= 11 is 3.38. The van der Waals surface area contributed by atoms with Crippen molar-refractivity contribution in [3.8, 4) is 11.5 Å². The first-order valence-corrected chi connectivity index (χ1v) is 7.95. The van der Waals surface area contributed by atoms with Crippen molar-refractivity contribution >= 4 is 21.7 Å². The van der Waals surface area contributed by atoms with Crippen molar-refractivity contribution in [3.63, 3.8) is 0 Å². The highest BCUT2D eigenvalue weighted by Crippen LogP contribution is 2.17. The molecule has 0 aliphatic rings. The summed E-state index contributed by atoms with van der Waals surface area (Å²) in [5, 5.41) is 10.2. The highest BCUT2D eigenvalue weighted by Gasteiger charge is 2.09. The van der Waals surface area contributed by atoms with Crippen molar-refractivity contribution in [3.05, 3.63) is 59.7 Å². The van der Waals surface area contributed by atoms with Crippen LogP contribution in [0.25, 0.3) is 0 Å². The van der Waals surface area contributed by atoms with E-state index in [4.69, 9.17) is 4.74 Å². The fourth-order valence-electron chi connectivity index (χ4n) is 1.87. The molecule has 4 heteroatoms. The molecule has 0 aliphatic heterocycles. The van der Waals surface area contributed by atoms with Gasteiger partial charge in [-0.3, -0.25) is 4.79 Å². The normalized spacial score (nSPS) is 10.3. The summed E-state index contributed by atoms with van der Waals surface area (Å²) < 4.78 is 5.60. The van der Waals surface area contributed by atoms with Crippen molar-refractivity contribution < 1.29 is 14.6 Å². The smallest absolute Gasteiger partial charge is 0.193 e. The molecule has 0 unspecified atom stereocenters. The standard InChI is InChI=1S/C17H17BrO3/c18-11-1-2-12-21-16-9-5-14(6-10-16)17(20)13-3-7-15(19)8-4-13/h3-10,19H,1-2,11-12H2. The van der Waals surface area contributed by atoms with Crippen LogP contribution >= 0.6 is 15.9 Å². The van der Waals surface area contributed by atoms with E-state index in [0.29, 0.717) is 17.7 Å². The first-order valence-electron chi connectivity index (χ1n) is 6.83. The largest absolute Gasteiger partial charge is 0.508 e. The van der Waals surface area contributed by atoms with Gasteiger partial charge >= 0.3 is 0 Å². The molecule has 21 heavy (non-hydrogen) atoms. The van der Waals surface area contributed by atoms with Crippen LogP contribution in [0.2, 0.25) is 0 Å². The Morgan fingerprint density at radius 2 is 1.52 bits per heavy atom. The number of carbonyl (C=O) groups is 1. The van der Waals surface area contributed by atoms with Gasteiger partial charge in [-0.05, 0) is 61.4 Å². The Labute approximate surface area is 132 Å². The van der Waals surface area contributed by atoms with E-state index < -0.39 is 0 Å². The maximum absolute atomic E-state index is 12.2. The Bertz CT molecular complexity index is 576. The van der Waals surface area contributed by atoms with Gasteiger partial charge in [0.15, 0.2) is 5.78 Å². The minimum atomic E-state index is -0.0687. The molecule has 0 atom stereocenters. The predicted molar refractivity (Wildman–Crippen MR) is 86.5 cm³/mol. The van der Waals surface area contributed by atoms with Gasteiger partial charge in [0, 0.05) is 16.5 Å². The Morgan fingerprint density at radius 1 is 0.952 bits per heavy atom. The summed E-state index contributed by atoms with van der Waals surface area (Å²) in [6.07, 6.45) is 2.08. The molecular formula is C17H17BrO3. The molecule has 0 aromatic heterocycles. The predicted octanol–water partition coefficient (Wildman–Crippen LogP) is 4.18. The zero-order valence-corrected chi connectivity index (χ0v) is 13.2. The number of carbonyl (C=O) groups excluding carboxylic acids is 1. The molecule has 1 N–H and O–H groups in total. The first kappa shape index (κ1) is 15.6. The Hall–Kier alpha value is -1.81. The molecule has 2 aromatic carbocycles. The zero-order valence-electron chi connectivity index (χ0n) is 11.6. The van der Waals surface area contributed by atoms with Gasteiger partial charge in [-0.2, -0.15) is 0 Å². The van der Waals surface area contributed by atoms with E-state index in [1.165, 1.54) is 12.1 Å². The van der Waals surface area contributed by atoms with Crippen molar-refractivity contribution in [1.29, 1.82) is 0 Å². The number of unbranched alkanes of at least 4 members (excludes halogenated alkanes) is 1. The third-order valence-corrected chi connectivity index (χ3v) is 3.60. The average Bonchev–Trinajstić information content (AvgIpc) is 2.52. The molecule has 0 aliphatic carbocycles. The fourth-order valence-corrected chi connectivity index (χ4v) is 2.27. The quantitative estimate of drug-likeness (QED) is 0.463. The SMILES string of the molecule is O=C(c1ccc(O)cc1)c1ccc(OCCCCBr)cc1. The van der Waals surface area contributed by atoms with Crippen molar-refractivity contribution in [2.75, 3.05) is 11.9 Å². The number of halogens is 1. The van der Waals surface area contributed by atoms with Gasteiger partial charge in [-0.15, -0.1) is 0 Å². The molecular weight excluding hydrogens is 332 g/mol. The number of ketones is 1. The minimum Gasteiger partial charge on any atom is -0.508 e. The number of phenolic OH excluding ortho intramolecular Hbond substituents is 1. The van der Waals surface area contributed by atoms with Gasteiger partial charge in [0.2, 0.25) is 0 Å². The van der Waals surface area contributed by atoms with E-state index in [9.17, 15) is 9.90 Å². The summed E-state index contributed by atoms with van der Waals surface area (Å²) in [7, 11) is 0. The molecule has 0 saturated carbocycles. The third-order valence-electron chi connectivity index (χ3n) is 3.04. The molecule has 0 amide bonds. The Kier molecular flexibility index (Phi) is 5.81. The second-order valence-electron chi connectivity index (χ2n) is 4.64. The van der Waals surface area contributed by atoms with Gasteiger partial charge in [-0.1, -0.05) is 15.9 Å². The summed E-state index contributed by atoms with van der Waals surface area (Å²) in [6.45, 7) is 0.677. The van der Waals surface area contributed by atoms with Crippen LogP contribution in [0.1, 0.15) is 28.8 Å². The molecule has 110 valence electrons. The average molecular weight is 349 g/mol. The minimum absolute atomic E-state index is 0.0687. The lowest BCUT2D eigenvalue weighted by atomic mass is 10.0. The van der Waals surface area contributed by atoms with E-state index in [1.54, 1.807) is 24.3 Å². The molecule has 0 saturated heterocycles. The van der Waals surface area contributed by atoms with Crippen LogP contribution in [-0.4, -0.2) is 22.8 Å². The van der Waals surface area contributed by atoms with Crippen LogP contribution in [0, 0.1) is 0 Å². The zero-order chi connectivity index (χ0) is 15.1. The van der Waals surface area contributed by atoms with E-state index >= 15 is 0 Å². The van der Waals surface area contributed by atoms with E-state index in [0.717, 1.165) is 23.9 Å². The lowest BCUT2D eigenvalue weighted by Gasteiger charge is -2.06. The van der Waals surface area contributed by atoms with Gasteiger partial charge in [-0.25, -0.2) is 0 Å². The van der Waals surface area contributed by atoms with Crippen LogP contribution in [0.4, 0.5) is 0 Å². The van der Waals surface area contributed by atoms with E-state index in [-0.39, 0.29) is 11.5 Å². The molecule has 0 heterocycles.